The molecule has 2 aromatic carbocycles. The van der Waals surface area contributed by atoms with Gasteiger partial charge >= 0.3 is 0 Å². The Labute approximate surface area is 110 Å². The van der Waals surface area contributed by atoms with Gasteiger partial charge in [0, 0.05) is 6.42 Å². The first-order valence-electron chi connectivity index (χ1n) is 5.79. The summed E-state index contributed by atoms with van der Waals surface area (Å²) in [6.07, 6.45) is 0.365. The first-order chi connectivity index (χ1) is 9.13. The number of nitroso groups, excluding NO2 is 1. The second kappa shape index (κ2) is 5.32. The number of aryl methyl sites for hydroxylation is 1. The zero-order valence-electron chi connectivity index (χ0n) is 10.4. The molecule has 0 fully saturated rings. The number of rotatable bonds is 3. The van der Waals surface area contributed by atoms with Crippen LogP contribution in [0, 0.1) is 23.2 Å². The van der Waals surface area contributed by atoms with Crippen LogP contribution in [-0.4, -0.2) is 5.11 Å². The quantitative estimate of drug-likeness (QED) is 0.849. The van der Waals surface area contributed by atoms with E-state index in [9.17, 15) is 10.0 Å². The van der Waals surface area contributed by atoms with Crippen molar-refractivity contribution in [3.8, 4) is 11.8 Å². The van der Waals surface area contributed by atoms with Crippen molar-refractivity contribution in [3.63, 3.8) is 0 Å². The van der Waals surface area contributed by atoms with Gasteiger partial charge in [-0.1, -0.05) is 17.7 Å². The van der Waals surface area contributed by atoms with Crippen molar-refractivity contribution in [2.45, 2.75) is 13.3 Å². The molecule has 0 amide bonds. The third-order valence-corrected chi connectivity index (χ3v) is 2.92. The van der Waals surface area contributed by atoms with Gasteiger partial charge in [-0.05, 0) is 47.5 Å². The fourth-order valence-electron chi connectivity index (χ4n) is 1.95. The Morgan fingerprint density at radius 1 is 1.21 bits per heavy atom. The van der Waals surface area contributed by atoms with Gasteiger partial charge in [0.15, 0.2) is 0 Å². The molecule has 0 bridgehead atoms. The van der Waals surface area contributed by atoms with Crippen molar-refractivity contribution >= 4 is 5.69 Å². The molecule has 1 N–H and O–H groups in total. The Kier molecular flexibility index (Phi) is 3.58. The van der Waals surface area contributed by atoms with Crippen molar-refractivity contribution < 1.29 is 5.11 Å². The Morgan fingerprint density at radius 3 is 2.68 bits per heavy atom. The van der Waals surface area contributed by atoms with Crippen LogP contribution in [0.4, 0.5) is 5.69 Å². The predicted molar refractivity (Wildman–Crippen MR) is 72.3 cm³/mol. The van der Waals surface area contributed by atoms with Crippen molar-refractivity contribution in [2.24, 2.45) is 5.18 Å². The van der Waals surface area contributed by atoms with Crippen molar-refractivity contribution in [1.29, 1.82) is 5.26 Å². The molecule has 0 aliphatic carbocycles. The number of hydrogen-bond donors (Lipinski definition) is 1. The third-order valence-electron chi connectivity index (χ3n) is 2.92. The van der Waals surface area contributed by atoms with Gasteiger partial charge in [0.2, 0.25) is 0 Å². The minimum absolute atomic E-state index is 0.171. The van der Waals surface area contributed by atoms with Crippen LogP contribution in [0.5, 0.6) is 5.75 Å². The second-order valence-corrected chi connectivity index (χ2v) is 4.36. The van der Waals surface area contributed by atoms with Crippen LogP contribution < -0.4 is 0 Å². The summed E-state index contributed by atoms with van der Waals surface area (Å²) in [7, 11) is 0. The van der Waals surface area contributed by atoms with E-state index < -0.39 is 0 Å². The molecule has 0 aliphatic heterocycles. The number of phenolic OH excluding ortho intramolecular Hbond substituents is 1. The lowest BCUT2D eigenvalue weighted by Gasteiger charge is -2.07. The van der Waals surface area contributed by atoms with Crippen LogP contribution in [0.15, 0.2) is 41.6 Å². The maximum absolute atomic E-state index is 10.8. The monoisotopic (exact) mass is 252 g/mol. The Morgan fingerprint density at radius 2 is 2.00 bits per heavy atom. The number of benzene rings is 2. The average Bonchev–Trinajstić information content (AvgIpc) is 2.42. The molecule has 4 nitrogen and oxygen atoms in total. The maximum atomic E-state index is 10.8. The van der Waals surface area contributed by atoms with Gasteiger partial charge in [-0.15, -0.1) is 4.91 Å². The molecular formula is C15H12N2O2. The smallest absolute Gasteiger partial charge is 0.119 e. The van der Waals surface area contributed by atoms with Gasteiger partial charge in [0.1, 0.15) is 11.4 Å². The number of hydrogen-bond acceptors (Lipinski definition) is 4. The summed E-state index contributed by atoms with van der Waals surface area (Å²) in [5, 5.41) is 21.6. The fourth-order valence-corrected chi connectivity index (χ4v) is 1.95. The number of nitrogens with zero attached hydrogens (tertiary/aromatic N) is 2. The predicted octanol–water partition coefficient (Wildman–Crippen LogP) is 3.56. The molecule has 0 atom stereocenters. The van der Waals surface area contributed by atoms with E-state index in [0.29, 0.717) is 28.8 Å². The summed E-state index contributed by atoms with van der Waals surface area (Å²) < 4.78 is 0. The van der Waals surface area contributed by atoms with Crippen LogP contribution in [0.2, 0.25) is 0 Å². The third kappa shape index (κ3) is 2.78. The average molecular weight is 252 g/mol. The van der Waals surface area contributed by atoms with Gasteiger partial charge < -0.3 is 5.11 Å². The van der Waals surface area contributed by atoms with Crippen LogP contribution >= 0.6 is 0 Å². The SMILES string of the molecule is Cc1ccc(O)c(Cc2cc(C#N)ccc2N=O)c1. The van der Waals surface area contributed by atoms with Gasteiger partial charge in [0.05, 0.1) is 11.6 Å². The number of phenols is 1. The summed E-state index contributed by atoms with van der Waals surface area (Å²) in [6.45, 7) is 1.92. The first-order valence-corrected chi connectivity index (χ1v) is 5.79. The molecule has 0 saturated carbocycles. The molecule has 2 aromatic rings. The zero-order chi connectivity index (χ0) is 13.8. The second-order valence-electron chi connectivity index (χ2n) is 4.36. The van der Waals surface area contributed by atoms with Gasteiger partial charge in [0.25, 0.3) is 0 Å². The minimum atomic E-state index is 0.171. The lowest BCUT2D eigenvalue weighted by molar-refractivity contribution is 0.469. The lowest BCUT2D eigenvalue weighted by Crippen LogP contribution is -1.92. The van der Waals surface area contributed by atoms with Crippen LogP contribution in [0.3, 0.4) is 0 Å². The van der Waals surface area contributed by atoms with E-state index in [1.165, 1.54) is 6.07 Å². The molecule has 4 heteroatoms. The molecule has 0 aromatic heterocycles. The molecule has 19 heavy (non-hydrogen) atoms. The lowest BCUT2D eigenvalue weighted by atomic mass is 9.99. The molecule has 0 saturated heterocycles. The Hall–Kier alpha value is -2.67. The van der Waals surface area contributed by atoms with E-state index in [4.69, 9.17) is 5.26 Å². The van der Waals surface area contributed by atoms with Gasteiger partial charge in [-0.3, -0.25) is 0 Å². The zero-order valence-corrected chi connectivity index (χ0v) is 10.4. The Bertz CT molecular complexity index is 672. The number of aromatic hydroxyl groups is 1. The van der Waals surface area contributed by atoms with Crippen molar-refractivity contribution in [2.75, 3.05) is 0 Å². The molecule has 94 valence electrons. The van der Waals surface area contributed by atoms with Gasteiger partial charge in [-0.25, -0.2) is 0 Å². The first kappa shape index (κ1) is 12.8. The van der Waals surface area contributed by atoms with E-state index in [1.54, 1.807) is 18.2 Å². The molecule has 0 heterocycles. The normalized spacial score (nSPS) is 9.89. The van der Waals surface area contributed by atoms with E-state index in [-0.39, 0.29) is 5.75 Å². The fraction of sp³-hybridized carbons (Fsp3) is 0.133. The highest BCUT2D eigenvalue weighted by Crippen LogP contribution is 2.27. The molecular weight excluding hydrogens is 240 g/mol. The van der Waals surface area contributed by atoms with Crippen molar-refractivity contribution in [1.82, 2.24) is 0 Å². The summed E-state index contributed by atoms with van der Waals surface area (Å²) in [6, 6.07) is 12.0. The minimum Gasteiger partial charge on any atom is -0.508 e. The van der Waals surface area contributed by atoms with Crippen molar-refractivity contribution in [3.05, 3.63) is 63.6 Å². The highest BCUT2D eigenvalue weighted by atomic mass is 16.3. The van der Waals surface area contributed by atoms with Crippen LogP contribution in [0.1, 0.15) is 22.3 Å². The molecule has 0 radical (unpaired) electrons. The Balaban J connectivity index is 2.45. The van der Waals surface area contributed by atoms with E-state index in [1.807, 2.05) is 25.1 Å². The largest absolute Gasteiger partial charge is 0.508 e. The van der Waals surface area contributed by atoms with E-state index in [0.717, 1.165) is 5.56 Å². The van der Waals surface area contributed by atoms with Crippen LogP contribution in [-0.2, 0) is 6.42 Å². The highest BCUT2D eigenvalue weighted by molar-refractivity contribution is 5.53. The number of nitriles is 1. The standard InChI is InChI=1S/C15H12N2O2/c1-10-2-5-15(18)13(6-10)8-12-7-11(9-16)3-4-14(12)17-19/h2-7,18H,8H2,1H3. The van der Waals surface area contributed by atoms with Crippen LogP contribution in [0.25, 0.3) is 0 Å². The highest BCUT2D eigenvalue weighted by Gasteiger charge is 2.09. The van der Waals surface area contributed by atoms with E-state index in [2.05, 4.69) is 5.18 Å². The molecule has 0 unspecified atom stereocenters. The molecule has 0 spiro atoms. The maximum Gasteiger partial charge on any atom is 0.119 e. The molecule has 2 rings (SSSR count). The molecule has 0 aliphatic rings. The summed E-state index contributed by atoms with van der Waals surface area (Å²) in [5.41, 5.74) is 3.12. The van der Waals surface area contributed by atoms with E-state index >= 15 is 0 Å². The summed E-state index contributed by atoms with van der Waals surface area (Å²) in [4.78, 5) is 10.8. The summed E-state index contributed by atoms with van der Waals surface area (Å²) >= 11 is 0. The van der Waals surface area contributed by atoms with Gasteiger partial charge in [-0.2, -0.15) is 5.26 Å². The topological polar surface area (TPSA) is 73.4 Å². The summed E-state index contributed by atoms with van der Waals surface area (Å²) in [5.74, 6) is 0.171.